The maximum Gasteiger partial charge on any atom is 0.224 e. The van der Waals surface area contributed by atoms with Gasteiger partial charge in [0.05, 0.1) is 29.4 Å². The lowest BCUT2D eigenvalue weighted by atomic mass is 9.92. The summed E-state index contributed by atoms with van der Waals surface area (Å²) in [6.45, 7) is 3.96. The van der Waals surface area contributed by atoms with Crippen LogP contribution in [0.5, 0.6) is 0 Å². The number of para-hydroxylation sites is 2. The zero-order chi connectivity index (χ0) is 22.7. The molecule has 2 aromatic heterocycles. The number of piperidine rings is 1. The van der Waals surface area contributed by atoms with Crippen LogP contribution in [0.2, 0.25) is 0 Å². The molecule has 0 bridgehead atoms. The second-order valence-electron chi connectivity index (χ2n) is 8.61. The first kappa shape index (κ1) is 22.2. The largest absolute Gasteiger partial charge is 0.386 e. The predicted octanol–water partition coefficient (Wildman–Crippen LogP) is 3.01. The van der Waals surface area contributed by atoms with Gasteiger partial charge in [-0.2, -0.15) is 0 Å². The molecule has 7 nitrogen and oxygen atoms in total. The van der Waals surface area contributed by atoms with Crippen LogP contribution in [0.4, 0.5) is 10.2 Å². The maximum absolute atomic E-state index is 13.2. The number of carbonyl (C=O) groups excluding carboxylic acids is 1. The van der Waals surface area contributed by atoms with E-state index in [9.17, 15) is 14.3 Å². The van der Waals surface area contributed by atoms with E-state index in [1.807, 2.05) is 29.2 Å². The molecule has 170 valence electrons. The van der Waals surface area contributed by atoms with Gasteiger partial charge in [0.25, 0.3) is 0 Å². The minimum atomic E-state index is -1.03. The number of fused-ring (bicyclic) bond motifs is 1. The van der Waals surface area contributed by atoms with E-state index in [-0.39, 0.29) is 18.3 Å². The van der Waals surface area contributed by atoms with Crippen LogP contribution >= 0.6 is 0 Å². The zero-order valence-electron chi connectivity index (χ0n) is 18.7. The summed E-state index contributed by atoms with van der Waals surface area (Å²) in [6.07, 6.45) is 3.70. The highest BCUT2D eigenvalue weighted by molar-refractivity contribution is 5.78. The summed E-state index contributed by atoms with van der Waals surface area (Å²) in [4.78, 5) is 25.3. The number of aryl methyl sites for hydroxylation is 2. The van der Waals surface area contributed by atoms with Crippen LogP contribution in [-0.4, -0.2) is 62.7 Å². The number of halogens is 1. The number of nitrogens with zero attached hydrogens (tertiary/aromatic N) is 5. The summed E-state index contributed by atoms with van der Waals surface area (Å²) < 4.78 is 15.3. The van der Waals surface area contributed by atoms with Crippen LogP contribution < -0.4 is 4.90 Å². The van der Waals surface area contributed by atoms with Gasteiger partial charge in [0.1, 0.15) is 17.5 Å². The summed E-state index contributed by atoms with van der Waals surface area (Å²) in [7, 11) is 1.74. The van der Waals surface area contributed by atoms with Crippen molar-refractivity contribution in [2.24, 2.45) is 0 Å². The summed E-state index contributed by atoms with van der Waals surface area (Å²) in [6, 6.07) is 11.0. The normalized spacial score (nSPS) is 18.8. The second-order valence-corrected chi connectivity index (χ2v) is 8.61. The SMILES string of the molecule is CCc1nc2ccccc2n1CCC(=O)N(C)C[C@@]1(O)CCCN(c2ccc(F)cn2)C1. The third-order valence-electron chi connectivity index (χ3n) is 6.15. The van der Waals surface area contributed by atoms with Crippen molar-refractivity contribution in [1.82, 2.24) is 19.4 Å². The van der Waals surface area contributed by atoms with Crippen molar-refractivity contribution in [1.29, 1.82) is 0 Å². The van der Waals surface area contributed by atoms with E-state index in [0.717, 1.165) is 36.2 Å². The van der Waals surface area contributed by atoms with Crippen LogP contribution in [0.25, 0.3) is 11.0 Å². The molecule has 0 saturated carbocycles. The van der Waals surface area contributed by atoms with E-state index in [2.05, 4.69) is 21.5 Å². The highest BCUT2D eigenvalue weighted by atomic mass is 19.1. The monoisotopic (exact) mass is 439 g/mol. The Labute approximate surface area is 187 Å². The first-order chi connectivity index (χ1) is 15.4. The quantitative estimate of drug-likeness (QED) is 0.613. The molecule has 1 fully saturated rings. The molecule has 1 N–H and O–H groups in total. The third-order valence-corrected chi connectivity index (χ3v) is 6.15. The molecule has 4 rings (SSSR count). The molecule has 1 aliphatic heterocycles. The molecule has 0 aliphatic carbocycles. The number of hydrogen-bond donors (Lipinski definition) is 1. The number of imidazole rings is 1. The molecule has 3 aromatic rings. The number of anilines is 1. The van der Waals surface area contributed by atoms with Crippen LogP contribution in [-0.2, 0) is 17.8 Å². The van der Waals surface area contributed by atoms with E-state index in [1.165, 1.54) is 12.3 Å². The summed E-state index contributed by atoms with van der Waals surface area (Å²) in [5, 5.41) is 11.2. The molecule has 0 unspecified atom stereocenters. The average molecular weight is 440 g/mol. The first-order valence-electron chi connectivity index (χ1n) is 11.2. The van der Waals surface area contributed by atoms with Gasteiger partial charge < -0.3 is 19.5 Å². The van der Waals surface area contributed by atoms with E-state index in [0.29, 0.717) is 31.7 Å². The molecule has 1 amide bonds. The van der Waals surface area contributed by atoms with Gasteiger partial charge in [0, 0.05) is 39.5 Å². The Morgan fingerprint density at radius 1 is 1.28 bits per heavy atom. The van der Waals surface area contributed by atoms with E-state index in [4.69, 9.17) is 0 Å². The molecular weight excluding hydrogens is 409 g/mol. The molecular formula is C24H30FN5O2. The Bertz CT molecular complexity index is 1080. The summed E-state index contributed by atoms with van der Waals surface area (Å²) >= 11 is 0. The first-order valence-corrected chi connectivity index (χ1v) is 11.2. The molecule has 1 atom stereocenters. The Morgan fingerprint density at radius 3 is 2.84 bits per heavy atom. The van der Waals surface area contributed by atoms with Crippen LogP contribution in [0.3, 0.4) is 0 Å². The van der Waals surface area contributed by atoms with Crippen LogP contribution in [0, 0.1) is 5.82 Å². The maximum atomic E-state index is 13.2. The van der Waals surface area contributed by atoms with Gasteiger partial charge in [-0.1, -0.05) is 19.1 Å². The lowest BCUT2D eigenvalue weighted by molar-refractivity contribution is -0.133. The van der Waals surface area contributed by atoms with Crippen molar-refractivity contribution in [3.63, 3.8) is 0 Å². The molecule has 0 spiro atoms. The fourth-order valence-electron chi connectivity index (χ4n) is 4.56. The minimum Gasteiger partial charge on any atom is -0.386 e. The number of aromatic nitrogens is 3. The van der Waals surface area contributed by atoms with Gasteiger partial charge in [-0.15, -0.1) is 0 Å². The van der Waals surface area contributed by atoms with Crippen LogP contribution in [0.15, 0.2) is 42.6 Å². The highest BCUT2D eigenvalue weighted by Gasteiger charge is 2.35. The molecule has 1 aliphatic rings. The Kier molecular flexibility index (Phi) is 6.41. The lowest BCUT2D eigenvalue weighted by Crippen LogP contribution is -2.55. The molecule has 8 heteroatoms. The molecule has 1 saturated heterocycles. The summed E-state index contributed by atoms with van der Waals surface area (Å²) in [5.41, 5.74) is 0.943. The van der Waals surface area contributed by atoms with Gasteiger partial charge in [0.2, 0.25) is 5.91 Å². The lowest BCUT2D eigenvalue weighted by Gasteiger charge is -2.41. The number of hydrogen-bond acceptors (Lipinski definition) is 5. The molecule has 3 heterocycles. The number of benzene rings is 1. The van der Waals surface area contributed by atoms with Gasteiger partial charge in [-0.3, -0.25) is 4.79 Å². The number of rotatable bonds is 7. The van der Waals surface area contributed by atoms with E-state index in [1.54, 1.807) is 18.0 Å². The van der Waals surface area contributed by atoms with Crippen LogP contribution in [0.1, 0.15) is 32.0 Å². The molecule has 32 heavy (non-hydrogen) atoms. The van der Waals surface area contributed by atoms with Crippen molar-refractivity contribution in [3.05, 3.63) is 54.2 Å². The standard InChI is InChI=1S/C24H30FN5O2/c1-3-21-27-19-7-4-5-8-20(19)30(21)14-11-23(31)28(2)16-24(32)12-6-13-29(17-24)22-10-9-18(25)15-26-22/h4-5,7-10,15,32H,3,6,11-14,16-17H2,1-2H3/t24-/m0/s1. The smallest absolute Gasteiger partial charge is 0.224 e. The Morgan fingerprint density at radius 2 is 2.09 bits per heavy atom. The van der Waals surface area contributed by atoms with E-state index >= 15 is 0 Å². The highest BCUT2D eigenvalue weighted by Crippen LogP contribution is 2.26. The Hall–Kier alpha value is -3.00. The topological polar surface area (TPSA) is 74.5 Å². The number of aliphatic hydroxyl groups is 1. The number of likely N-dealkylation sites (N-methyl/N-ethyl adjacent to an activating group) is 1. The van der Waals surface area contributed by atoms with Crippen molar-refractivity contribution in [2.75, 3.05) is 31.6 Å². The third kappa shape index (κ3) is 4.75. The summed E-state index contributed by atoms with van der Waals surface area (Å²) in [5.74, 6) is 1.20. The Balaban J connectivity index is 1.38. The van der Waals surface area contributed by atoms with E-state index < -0.39 is 5.60 Å². The van der Waals surface area contributed by atoms with Gasteiger partial charge in [-0.05, 0) is 37.1 Å². The fourth-order valence-corrected chi connectivity index (χ4v) is 4.56. The average Bonchev–Trinajstić information content (AvgIpc) is 3.15. The second kappa shape index (κ2) is 9.24. The van der Waals surface area contributed by atoms with Crippen molar-refractivity contribution in [3.8, 4) is 0 Å². The zero-order valence-corrected chi connectivity index (χ0v) is 18.7. The van der Waals surface area contributed by atoms with Crippen molar-refractivity contribution >= 4 is 22.8 Å². The number of β-amino-alcohol motifs (C(OH)–C–C–N with tert-alkyl or cyclic N) is 1. The number of carbonyl (C=O) groups is 1. The predicted molar refractivity (Wildman–Crippen MR) is 122 cm³/mol. The molecule has 0 radical (unpaired) electrons. The molecule has 1 aromatic carbocycles. The fraction of sp³-hybridized carbons (Fsp3) is 0.458. The number of pyridine rings is 1. The van der Waals surface area contributed by atoms with Crippen molar-refractivity contribution < 1.29 is 14.3 Å². The van der Waals surface area contributed by atoms with Gasteiger partial charge >= 0.3 is 0 Å². The van der Waals surface area contributed by atoms with Gasteiger partial charge in [0.15, 0.2) is 0 Å². The van der Waals surface area contributed by atoms with Crippen molar-refractivity contribution in [2.45, 2.75) is 44.8 Å². The number of amides is 1. The minimum absolute atomic E-state index is 0.0183. The van der Waals surface area contributed by atoms with Gasteiger partial charge in [-0.25, -0.2) is 14.4 Å².